The van der Waals surface area contributed by atoms with Crippen LogP contribution in [-0.2, 0) is 4.79 Å². The summed E-state index contributed by atoms with van der Waals surface area (Å²) in [6, 6.07) is 0.342. The SMILES string of the molecule is C=CC(=C)N[C@H]1CCN(C(C)=O)C1. The number of nitrogens with zero attached hydrogens (tertiary/aromatic N) is 1. The van der Waals surface area contributed by atoms with Crippen molar-refractivity contribution in [2.75, 3.05) is 13.1 Å². The first-order valence-electron chi connectivity index (χ1n) is 4.47. The van der Waals surface area contributed by atoms with Crippen LogP contribution in [0.1, 0.15) is 13.3 Å². The van der Waals surface area contributed by atoms with Crippen LogP contribution in [0.2, 0.25) is 0 Å². The lowest BCUT2D eigenvalue weighted by atomic mass is 10.2. The summed E-state index contributed by atoms with van der Waals surface area (Å²) in [4.78, 5) is 12.8. The van der Waals surface area contributed by atoms with E-state index in [0.717, 1.165) is 25.2 Å². The Morgan fingerprint density at radius 1 is 1.69 bits per heavy atom. The highest BCUT2D eigenvalue weighted by Crippen LogP contribution is 2.10. The van der Waals surface area contributed by atoms with Crippen molar-refractivity contribution in [1.82, 2.24) is 10.2 Å². The quantitative estimate of drug-likeness (QED) is 0.654. The number of hydrogen-bond donors (Lipinski definition) is 1. The number of nitrogens with one attached hydrogen (secondary N) is 1. The summed E-state index contributed by atoms with van der Waals surface area (Å²) in [5.74, 6) is 0.147. The van der Waals surface area contributed by atoms with Crippen LogP contribution in [0.4, 0.5) is 0 Å². The van der Waals surface area contributed by atoms with E-state index >= 15 is 0 Å². The van der Waals surface area contributed by atoms with Crippen LogP contribution >= 0.6 is 0 Å². The molecule has 0 saturated carbocycles. The molecule has 0 aromatic heterocycles. The Hall–Kier alpha value is -1.25. The zero-order valence-electron chi connectivity index (χ0n) is 8.05. The molecule has 3 nitrogen and oxygen atoms in total. The van der Waals surface area contributed by atoms with E-state index in [1.54, 1.807) is 13.0 Å². The van der Waals surface area contributed by atoms with Gasteiger partial charge in [0.25, 0.3) is 0 Å². The van der Waals surface area contributed by atoms with Gasteiger partial charge in [-0.25, -0.2) is 0 Å². The lowest BCUT2D eigenvalue weighted by Crippen LogP contribution is -2.33. The molecule has 0 bridgehead atoms. The van der Waals surface area contributed by atoms with E-state index in [2.05, 4.69) is 18.5 Å². The van der Waals surface area contributed by atoms with E-state index in [1.807, 2.05) is 4.90 Å². The molecule has 0 aliphatic carbocycles. The molecular weight excluding hydrogens is 164 g/mol. The Bertz CT molecular complexity index is 235. The minimum absolute atomic E-state index is 0.147. The molecule has 1 fully saturated rings. The van der Waals surface area contributed by atoms with Gasteiger partial charge in [0.05, 0.1) is 0 Å². The van der Waals surface area contributed by atoms with E-state index in [-0.39, 0.29) is 5.91 Å². The molecule has 1 aliphatic heterocycles. The van der Waals surface area contributed by atoms with E-state index in [0.29, 0.717) is 6.04 Å². The van der Waals surface area contributed by atoms with Crippen LogP contribution < -0.4 is 5.32 Å². The Balaban J connectivity index is 2.37. The molecule has 1 N–H and O–H groups in total. The average molecular weight is 180 g/mol. The number of carbonyl (C=O) groups is 1. The zero-order chi connectivity index (χ0) is 9.84. The van der Waals surface area contributed by atoms with Gasteiger partial charge in [-0.1, -0.05) is 13.2 Å². The number of amides is 1. The fraction of sp³-hybridized carbons (Fsp3) is 0.500. The number of hydrogen-bond acceptors (Lipinski definition) is 2. The van der Waals surface area contributed by atoms with Crippen LogP contribution in [0.25, 0.3) is 0 Å². The summed E-state index contributed by atoms with van der Waals surface area (Å²) in [6.07, 6.45) is 2.68. The van der Waals surface area contributed by atoms with Gasteiger partial charge in [0.15, 0.2) is 0 Å². The molecule has 0 aromatic carbocycles. The average Bonchev–Trinajstić information content (AvgIpc) is 2.52. The van der Waals surface area contributed by atoms with Crippen molar-refractivity contribution in [3.8, 4) is 0 Å². The van der Waals surface area contributed by atoms with Gasteiger partial charge in [-0.3, -0.25) is 4.79 Å². The van der Waals surface area contributed by atoms with Gasteiger partial charge in [-0.15, -0.1) is 0 Å². The summed E-state index contributed by atoms with van der Waals surface area (Å²) in [6.45, 7) is 10.6. The van der Waals surface area contributed by atoms with E-state index in [4.69, 9.17) is 0 Å². The summed E-state index contributed by atoms with van der Waals surface area (Å²) < 4.78 is 0. The predicted octanol–water partition coefficient (Wildman–Crippen LogP) is 0.896. The topological polar surface area (TPSA) is 32.3 Å². The van der Waals surface area contributed by atoms with Gasteiger partial charge in [-0.2, -0.15) is 0 Å². The molecular formula is C10H16N2O. The summed E-state index contributed by atoms with van der Waals surface area (Å²) >= 11 is 0. The van der Waals surface area contributed by atoms with Crippen LogP contribution in [-0.4, -0.2) is 29.9 Å². The number of carbonyl (C=O) groups excluding carboxylic acids is 1. The molecule has 1 aliphatic rings. The van der Waals surface area contributed by atoms with Crippen molar-refractivity contribution in [1.29, 1.82) is 0 Å². The Morgan fingerprint density at radius 3 is 2.85 bits per heavy atom. The van der Waals surface area contributed by atoms with Crippen molar-refractivity contribution in [3.63, 3.8) is 0 Å². The molecule has 1 saturated heterocycles. The third-order valence-corrected chi connectivity index (χ3v) is 2.27. The summed E-state index contributed by atoms with van der Waals surface area (Å²) in [5.41, 5.74) is 0.829. The lowest BCUT2D eigenvalue weighted by molar-refractivity contribution is -0.127. The predicted molar refractivity (Wildman–Crippen MR) is 53.1 cm³/mol. The molecule has 0 radical (unpaired) electrons. The normalized spacial score (nSPS) is 21.3. The largest absolute Gasteiger partial charge is 0.381 e. The van der Waals surface area contributed by atoms with Gasteiger partial charge < -0.3 is 10.2 Å². The highest BCUT2D eigenvalue weighted by molar-refractivity contribution is 5.73. The molecule has 0 spiro atoms. The van der Waals surface area contributed by atoms with Gasteiger partial charge >= 0.3 is 0 Å². The lowest BCUT2D eigenvalue weighted by Gasteiger charge is -2.15. The molecule has 0 unspecified atom stereocenters. The van der Waals surface area contributed by atoms with Crippen LogP contribution in [0, 0.1) is 0 Å². The van der Waals surface area contributed by atoms with E-state index < -0.39 is 0 Å². The highest BCUT2D eigenvalue weighted by atomic mass is 16.2. The first-order chi connectivity index (χ1) is 6.13. The monoisotopic (exact) mass is 180 g/mol. The summed E-state index contributed by atoms with van der Waals surface area (Å²) in [7, 11) is 0. The van der Waals surface area contributed by atoms with Gasteiger partial charge in [0, 0.05) is 31.8 Å². The zero-order valence-corrected chi connectivity index (χ0v) is 8.05. The maximum Gasteiger partial charge on any atom is 0.219 e. The number of rotatable bonds is 3. The summed E-state index contributed by atoms with van der Waals surface area (Å²) in [5, 5.41) is 3.21. The third-order valence-electron chi connectivity index (χ3n) is 2.27. The number of allylic oxidation sites excluding steroid dienone is 1. The number of likely N-dealkylation sites (tertiary alicyclic amines) is 1. The first-order valence-corrected chi connectivity index (χ1v) is 4.47. The molecule has 72 valence electrons. The molecule has 0 aromatic rings. The van der Waals surface area contributed by atoms with Crippen LogP contribution in [0.15, 0.2) is 24.9 Å². The van der Waals surface area contributed by atoms with Gasteiger partial charge in [0.1, 0.15) is 0 Å². The third kappa shape index (κ3) is 2.61. The Kier molecular flexibility index (Phi) is 3.12. The minimum atomic E-state index is 0.147. The van der Waals surface area contributed by atoms with Crippen LogP contribution in [0.3, 0.4) is 0 Å². The van der Waals surface area contributed by atoms with Crippen molar-refractivity contribution in [2.24, 2.45) is 0 Å². The van der Waals surface area contributed by atoms with Crippen molar-refractivity contribution in [2.45, 2.75) is 19.4 Å². The second-order valence-electron chi connectivity index (χ2n) is 3.32. The second kappa shape index (κ2) is 4.12. The van der Waals surface area contributed by atoms with Gasteiger partial charge in [0.2, 0.25) is 5.91 Å². The van der Waals surface area contributed by atoms with E-state index in [9.17, 15) is 4.79 Å². The fourth-order valence-corrected chi connectivity index (χ4v) is 1.49. The van der Waals surface area contributed by atoms with Gasteiger partial charge in [-0.05, 0) is 12.5 Å². The molecule has 3 heteroatoms. The van der Waals surface area contributed by atoms with Crippen LogP contribution in [0.5, 0.6) is 0 Å². The molecule has 1 amide bonds. The van der Waals surface area contributed by atoms with Crippen molar-refractivity contribution >= 4 is 5.91 Å². The Morgan fingerprint density at radius 2 is 2.38 bits per heavy atom. The maximum absolute atomic E-state index is 11.0. The first kappa shape index (κ1) is 9.84. The highest BCUT2D eigenvalue weighted by Gasteiger charge is 2.23. The molecule has 1 atom stereocenters. The standard InChI is InChI=1S/C10H16N2O/c1-4-8(2)11-10-5-6-12(7-10)9(3)13/h4,10-11H,1-2,5-7H2,3H3/t10-/m0/s1. The van der Waals surface area contributed by atoms with E-state index in [1.165, 1.54) is 0 Å². The van der Waals surface area contributed by atoms with Crippen molar-refractivity contribution < 1.29 is 4.79 Å². The minimum Gasteiger partial charge on any atom is -0.381 e. The Labute approximate surface area is 79.1 Å². The second-order valence-corrected chi connectivity index (χ2v) is 3.32. The molecule has 1 rings (SSSR count). The molecule has 1 heterocycles. The van der Waals surface area contributed by atoms with Crippen molar-refractivity contribution in [3.05, 3.63) is 24.9 Å². The fourth-order valence-electron chi connectivity index (χ4n) is 1.49. The smallest absolute Gasteiger partial charge is 0.219 e. The maximum atomic E-state index is 11.0. The molecule has 13 heavy (non-hydrogen) atoms.